The molecule has 0 saturated heterocycles. The Labute approximate surface area is 102 Å². The number of nitro groups is 1. The SMILES string of the molecule is C[C@@H](O)CNC(=O)c1ccc([N+](=O)[O-])c(Cl)c1. The van der Waals surface area contributed by atoms with Gasteiger partial charge in [-0.1, -0.05) is 11.6 Å². The van der Waals surface area contributed by atoms with Gasteiger partial charge >= 0.3 is 0 Å². The Bertz CT molecular complexity index is 448. The lowest BCUT2D eigenvalue weighted by molar-refractivity contribution is -0.384. The van der Waals surface area contributed by atoms with E-state index in [1.165, 1.54) is 25.1 Å². The number of carbonyl (C=O) groups excluding carboxylic acids is 1. The van der Waals surface area contributed by atoms with Gasteiger partial charge in [-0.05, 0) is 19.1 Å². The number of nitrogens with zero attached hydrogens (tertiary/aromatic N) is 1. The van der Waals surface area contributed by atoms with E-state index in [0.29, 0.717) is 0 Å². The molecular formula is C10H11ClN2O4. The van der Waals surface area contributed by atoms with E-state index in [0.717, 1.165) is 0 Å². The molecule has 0 aromatic heterocycles. The monoisotopic (exact) mass is 258 g/mol. The van der Waals surface area contributed by atoms with E-state index in [2.05, 4.69) is 5.32 Å². The van der Waals surface area contributed by atoms with E-state index in [1.807, 2.05) is 0 Å². The number of aliphatic hydroxyl groups is 1. The Morgan fingerprint density at radius 2 is 2.29 bits per heavy atom. The zero-order valence-corrected chi connectivity index (χ0v) is 9.77. The van der Waals surface area contributed by atoms with Gasteiger partial charge in [-0.15, -0.1) is 0 Å². The fourth-order valence-corrected chi connectivity index (χ4v) is 1.39. The average Bonchev–Trinajstić information content (AvgIpc) is 2.25. The zero-order chi connectivity index (χ0) is 13.0. The molecule has 0 fully saturated rings. The molecule has 0 aliphatic heterocycles. The van der Waals surface area contributed by atoms with Crippen LogP contribution in [-0.4, -0.2) is 28.6 Å². The van der Waals surface area contributed by atoms with Gasteiger partial charge in [0.1, 0.15) is 5.02 Å². The van der Waals surface area contributed by atoms with Crippen LogP contribution in [0.2, 0.25) is 5.02 Å². The number of carbonyl (C=O) groups is 1. The Morgan fingerprint density at radius 3 is 2.76 bits per heavy atom. The lowest BCUT2D eigenvalue weighted by Gasteiger charge is -2.07. The second kappa shape index (κ2) is 5.60. The molecule has 1 rings (SSSR count). The van der Waals surface area contributed by atoms with Gasteiger partial charge in [0.2, 0.25) is 0 Å². The summed E-state index contributed by atoms with van der Waals surface area (Å²) in [7, 11) is 0. The third kappa shape index (κ3) is 3.69. The summed E-state index contributed by atoms with van der Waals surface area (Å²) in [5.41, 5.74) is -0.0417. The van der Waals surface area contributed by atoms with E-state index in [-0.39, 0.29) is 22.8 Å². The highest BCUT2D eigenvalue weighted by atomic mass is 35.5. The van der Waals surface area contributed by atoms with Crippen molar-refractivity contribution in [3.8, 4) is 0 Å². The lowest BCUT2D eigenvalue weighted by atomic mass is 10.2. The first-order chi connectivity index (χ1) is 7.91. The number of hydrogen-bond donors (Lipinski definition) is 2. The molecule has 2 N–H and O–H groups in total. The van der Waals surface area contributed by atoms with Crippen LogP contribution in [0.15, 0.2) is 18.2 Å². The Kier molecular flexibility index (Phi) is 4.42. The van der Waals surface area contributed by atoms with Crippen LogP contribution in [0.4, 0.5) is 5.69 Å². The van der Waals surface area contributed by atoms with E-state index in [4.69, 9.17) is 16.7 Å². The van der Waals surface area contributed by atoms with Gasteiger partial charge in [0.25, 0.3) is 11.6 Å². The molecule has 6 nitrogen and oxygen atoms in total. The molecule has 92 valence electrons. The fourth-order valence-electron chi connectivity index (χ4n) is 1.14. The predicted octanol–water partition coefficient (Wildman–Crippen LogP) is 1.36. The van der Waals surface area contributed by atoms with Gasteiger partial charge < -0.3 is 10.4 Å². The predicted molar refractivity (Wildman–Crippen MR) is 62.1 cm³/mol. The molecule has 0 aliphatic rings. The Hall–Kier alpha value is -1.66. The Balaban J connectivity index is 2.83. The Morgan fingerprint density at radius 1 is 1.65 bits per heavy atom. The summed E-state index contributed by atoms with van der Waals surface area (Å²) in [5.74, 6) is -0.442. The first-order valence-corrected chi connectivity index (χ1v) is 5.20. The van der Waals surface area contributed by atoms with Crippen LogP contribution >= 0.6 is 11.6 Å². The number of nitro benzene ring substituents is 1. The summed E-state index contributed by atoms with van der Waals surface area (Å²) in [6, 6.07) is 3.69. The summed E-state index contributed by atoms with van der Waals surface area (Å²) in [6.07, 6.45) is -0.660. The zero-order valence-electron chi connectivity index (χ0n) is 9.01. The number of halogens is 1. The van der Waals surface area contributed by atoms with Crippen molar-refractivity contribution in [2.75, 3.05) is 6.54 Å². The van der Waals surface area contributed by atoms with Crippen molar-refractivity contribution in [1.29, 1.82) is 0 Å². The second-order valence-electron chi connectivity index (χ2n) is 3.48. The number of amides is 1. The molecule has 7 heteroatoms. The maximum atomic E-state index is 11.5. The number of rotatable bonds is 4. The van der Waals surface area contributed by atoms with E-state index in [9.17, 15) is 14.9 Å². The van der Waals surface area contributed by atoms with Crippen molar-refractivity contribution in [2.24, 2.45) is 0 Å². The van der Waals surface area contributed by atoms with E-state index < -0.39 is 16.9 Å². The first-order valence-electron chi connectivity index (χ1n) is 4.82. The lowest BCUT2D eigenvalue weighted by Crippen LogP contribution is -2.30. The summed E-state index contributed by atoms with van der Waals surface area (Å²) >= 11 is 5.66. The van der Waals surface area contributed by atoms with Crippen molar-refractivity contribution < 1.29 is 14.8 Å². The van der Waals surface area contributed by atoms with Gasteiger partial charge in [-0.2, -0.15) is 0 Å². The molecule has 0 spiro atoms. The van der Waals surface area contributed by atoms with Crippen molar-refractivity contribution in [1.82, 2.24) is 5.32 Å². The van der Waals surface area contributed by atoms with Crippen LogP contribution in [0.5, 0.6) is 0 Å². The molecule has 17 heavy (non-hydrogen) atoms. The number of benzene rings is 1. The molecule has 0 saturated carbocycles. The average molecular weight is 259 g/mol. The largest absolute Gasteiger partial charge is 0.392 e. The van der Waals surface area contributed by atoms with Crippen LogP contribution in [0.25, 0.3) is 0 Å². The summed E-state index contributed by atoms with van der Waals surface area (Å²) in [4.78, 5) is 21.4. The third-order valence-corrected chi connectivity index (χ3v) is 2.27. The number of nitrogens with one attached hydrogen (secondary N) is 1. The molecule has 0 radical (unpaired) electrons. The first kappa shape index (κ1) is 13.4. The highest BCUT2D eigenvalue weighted by molar-refractivity contribution is 6.33. The smallest absolute Gasteiger partial charge is 0.287 e. The highest BCUT2D eigenvalue weighted by Gasteiger charge is 2.15. The van der Waals surface area contributed by atoms with Gasteiger partial charge in [0, 0.05) is 18.2 Å². The van der Waals surface area contributed by atoms with Crippen LogP contribution in [0.3, 0.4) is 0 Å². The van der Waals surface area contributed by atoms with Crippen molar-refractivity contribution >= 4 is 23.2 Å². The molecule has 1 amide bonds. The van der Waals surface area contributed by atoms with E-state index in [1.54, 1.807) is 0 Å². The molecule has 1 atom stereocenters. The molecule has 0 bridgehead atoms. The van der Waals surface area contributed by atoms with Crippen LogP contribution in [-0.2, 0) is 0 Å². The van der Waals surface area contributed by atoms with Crippen LogP contribution in [0.1, 0.15) is 17.3 Å². The van der Waals surface area contributed by atoms with Gasteiger partial charge in [-0.3, -0.25) is 14.9 Å². The second-order valence-corrected chi connectivity index (χ2v) is 3.89. The third-order valence-electron chi connectivity index (χ3n) is 1.96. The molecular weight excluding hydrogens is 248 g/mol. The van der Waals surface area contributed by atoms with Crippen molar-refractivity contribution in [3.05, 3.63) is 38.9 Å². The normalized spacial score (nSPS) is 11.9. The summed E-state index contributed by atoms with van der Waals surface area (Å²) in [5, 5.41) is 21.9. The maximum absolute atomic E-state index is 11.5. The minimum absolute atomic E-state index is 0.0975. The summed E-state index contributed by atoms with van der Waals surface area (Å²) in [6.45, 7) is 1.64. The summed E-state index contributed by atoms with van der Waals surface area (Å²) < 4.78 is 0. The molecule has 0 unspecified atom stereocenters. The minimum atomic E-state index is -0.660. The molecule has 0 aliphatic carbocycles. The molecule has 1 aromatic rings. The molecule has 1 aromatic carbocycles. The van der Waals surface area contributed by atoms with Crippen LogP contribution < -0.4 is 5.32 Å². The van der Waals surface area contributed by atoms with Crippen molar-refractivity contribution in [2.45, 2.75) is 13.0 Å². The highest BCUT2D eigenvalue weighted by Crippen LogP contribution is 2.24. The van der Waals surface area contributed by atoms with Crippen LogP contribution in [0, 0.1) is 10.1 Å². The standard InChI is InChI=1S/C10H11ClN2O4/c1-6(14)5-12-10(15)7-2-3-9(13(16)17)8(11)4-7/h2-4,6,14H,5H2,1H3,(H,12,15)/t6-/m1/s1. The fraction of sp³-hybridized carbons (Fsp3) is 0.300. The number of aliphatic hydroxyl groups excluding tert-OH is 1. The quantitative estimate of drug-likeness (QED) is 0.630. The van der Waals surface area contributed by atoms with Gasteiger partial charge in [0.15, 0.2) is 0 Å². The minimum Gasteiger partial charge on any atom is -0.392 e. The van der Waals surface area contributed by atoms with E-state index >= 15 is 0 Å². The topological polar surface area (TPSA) is 92.5 Å². The number of hydrogen-bond acceptors (Lipinski definition) is 4. The maximum Gasteiger partial charge on any atom is 0.287 e. The molecule has 0 heterocycles. The van der Waals surface area contributed by atoms with Gasteiger partial charge in [0.05, 0.1) is 11.0 Å². The van der Waals surface area contributed by atoms with Gasteiger partial charge in [-0.25, -0.2) is 0 Å². The van der Waals surface area contributed by atoms with Crippen molar-refractivity contribution in [3.63, 3.8) is 0 Å².